The predicted octanol–water partition coefficient (Wildman–Crippen LogP) is 4.48. The molecule has 150 valence electrons. The van der Waals surface area contributed by atoms with Crippen molar-refractivity contribution in [1.82, 2.24) is 19.4 Å². The monoisotopic (exact) mass is 406 g/mol. The molecule has 4 aromatic rings. The first-order valence-corrected chi connectivity index (χ1v) is 9.05. The molecule has 0 aliphatic rings. The third-order valence-corrected chi connectivity index (χ3v) is 4.69. The Hall–Kier alpha value is -4.06. The second-order valence-corrected chi connectivity index (χ2v) is 6.63. The summed E-state index contributed by atoms with van der Waals surface area (Å²) in [5.74, 6) is 0.433. The number of hydrogen-bond donors (Lipinski definition) is 2. The Kier molecular flexibility index (Phi) is 4.98. The Morgan fingerprint density at radius 3 is 2.60 bits per heavy atom. The number of nitrogens with one attached hydrogen (secondary N) is 1. The molecule has 0 radical (unpaired) electrons. The number of fused-ring (bicyclic) bond motifs is 1. The Balaban J connectivity index is 1.74. The molecule has 9 heteroatoms. The smallest absolute Gasteiger partial charge is 0.267 e. The normalized spacial score (nSPS) is 12.1. The molecule has 1 atom stereocenters. The van der Waals surface area contributed by atoms with Gasteiger partial charge in [-0.25, -0.2) is 23.7 Å². The number of aromatic hydroxyl groups is 1. The number of rotatable bonds is 5. The molecule has 0 bridgehead atoms. The number of alkyl halides is 2. The lowest BCUT2D eigenvalue weighted by molar-refractivity contribution is 0.152. The van der Waals surface area contributed by atoms with Crippen molar-refractivity contribution < 1.29 is 13.9 Å². The molecule has 0 spiro atoms. The Labute approximate surface area is 170 Å². The van der Waals surface area contributed by atoms with Crippen LogP contribution in [0.3, 0.4) is 0 Å². The van der Waals surface area contributed by atoms with Crippen LogP contribution in [-0.2, 0) is 0 Å². The van der Waals surface area contributed by atoms with E-state index in [1.165, 1.54) is 28.9 Å². The van der Waals surface area contributed by atoms with Crippen LogP contribution in [0.5, 0.6) is 5.75 Å². The van der Waals surface area contributed by atoms with E-state index in [4.69, 9.17) is 0 Å². The molecular weight excluding hydrogens is 390 g/mol. The number of nitriles is 1. The molecule has 0 aliphatic heterocycles. The number of phenolic OH excluding ortho intramolecular Hbond substituents is 1. The van der Waals surface area contributed by atoms with Gasteiger partial charge in [-0.15, -0.1) is 0 Å². The summed E-state index contributed by atoms with van der Waals surface area (Å²) < 4.78 is 28.1. The van der Waals surface area contributed by atoms with E-state index in [0.717, 1.165) is 5.56 Å². The van der Waals surface area contributed by atoms with Crippen LogP contribution in [0, 0.1) is 11.3 Å². The number of hydrogen-bond acceptors (Lipinski definition) is 6. The first-order valence-electron chi connectivity index (χ1n) is 9.05. The zero-order valence-corrected chi connectivity index (χ0v) is 15.8. The Morgan fingerprint density at radius 2 is 1.90 bits per heavy atom. The van der Waals surface area contributed by atoms with E-state index >= 15 is 0 Å². The van der Waals surface area contributed by atoms with E-state index in [2.05, 4.69) is 20.3 Å². The fourth-order valence-corrected chi connectivity index (χ4v) is 3.15. The van der Waals surface area contributed by atoms with Crippen LogP contribution >= 0.6 is 0 Å². The summed E-state index contributed by atoms with van der Waals surface area (Å²) >= 11 is 0. The van der Waals surface area contributed by atoms with Crippen molar-refractivity contribution in [2.75, 3.05) is 5.32 Å². The fourth-order valence-electron chi connectivity index (χ4n) is 3.15. The molecule has 0 aliphatic carbocycles. The summed E-state index contributed by atoms with van der Waals surface area (Å²) in [6.45, 7) is 1.90. The minimum absolute atomic E-state index is 0.108. The summed E-state index contributed by atoms with van der Waals surface area (Å²) in [6.07, 6.45) is 1.72. The third kappa shape index (κ3) is 3.51. The maximum atomic E-state index is 13.3. The van der Waals surface area contributed by atoms with Crippen molar-refractivity contribution in [3.8, 4) is 23.2 Å². The number of imidazole rings is 1. The summed E-state index contributed by atoms with van der Waals surface area (Å²) in [6, 6.07) is 11.4. The van der Waals surface area contributed by atoms with E-state index < -0.39 is 6.43 Å². The molecular formula is C21H16F2N6O. The number of aromatic nitrogens is 4. The average Bonchev–Trinajstić information content (AvgIpc) is 3.18. The van der Waals surface area contributed by atoms with Crippen LogP contribution in [0.4, 0.5) is 14.7 Å². The van der Waals surface area contributed by atoms with Gasteiger partial charge in [0.1, 0.15) is 23.2 Å². The lowest BCUT2D eigenvalue weighted by Crippen LogP contribution is -2.10. The number of benzene rings is 1. The van der Waals surface area contributed by atoms with Crippen molar-refractivity contribution >= 4 is 11.6 Å². The topological polar surface area (TPSA) is 99.1 Å². The molecule has 1 aromatic carbocycles. The van der Waals surface area contributed by atoms with E-state index in [-0.39, 0.29) is 40.2 Å². The zero-order valence-electron chi connectivity index (χ0n) is 15.8. The van der Waals surface area contributed by atoms with Gasteiger partial charge in [0, 0.05) is 6.20 Å². The van der Waals surface area contributed by atoms with E-state index in [9.17, 15) is 19.1 Å². The minimum Gasteiger partial charge on any atom is -0.508 e. The van der Waals surface area contributed by atoms with Crippen LogP contribution in [-0.4, -0.2) is 24.5 Å². The maximum absolute atomic E-state index is 13.3. The molecule has 1 unspecified atom stereocenters. The van der Waals surface area contributed by atoms with Crippen molar-refractivity contribution in [3.05, 3.63) is 71.7 Å². The van der Waals surface area contributed by atoms with Gasteiger partial charge in [0.25, 0.3) is 6.43 Å². The Bertz CT molecular complexity index is 1250. The van der Waals surface area contributed by atoms with Crippen molar-refractivity contribution in [1.29, 1.82) is 5.26 Å². The highest BCUT2D eigenvalue weighted by molar-refractivity contribution is 5.68. The van der Waals surface area contributed by atoms with Gasteiger partial charge in [-0.3, -0.25) is 4.40 Å². The summed E-state index contributed by atoms with van der Waals surface area (Å²) in [4.78, 5) is 12.7. The lowest BCUT2D eigenvalue weighted by atomic mass is 10.1. The van der Waals surface area contributed by atoms with Gasteiger partial charge in [0.05, 0.1) is 35.3 Å². The van der Waals surface area contributed by atoms with E-state index in [1.807, 2.05) is 13.0 Å². The van der Waals surface area contributed by atoms with Gasteiger partial charge >= 0.3 is 0 Å². The summed E-state index contributed by atoms with van der Waals surface area (Å²) in [5.41, 5.74) is 1.70. The molecule has 30 heavy (non-hydrogen) atoms. The zero-order chi connectivity index (χ0) is 21.3. The lowest BCUT2D eigenvalue weighted by Gasteiger charge is -2.15. The van der Waals surface area contributed by atoms with Crippen LogP contribution in [0.1, 0.15) is 36.1 Å². The SMILES string of the molecule is CC(Nc1ncc(C#N)c(-c2cnc3c(C(F)F)cccn23)n1)c1ccc(O)cc1. The highest BCUT2D eigenvalue weighted by atomic mass is 19.3. The second kappa shape index (κ2) is 7.75. The van der Waals surface area contributed by atoms with Gasteiger partial charge in [-0.1, -0.05) is 12.1 Å². The van der Waals surface area contributed by atoms with E-state index in [1.54, 1.807) is 30.5 Å². The second-order valence-electron chi connectivity index (χ2n) is 6.63. The minimum atomic E-state index is -2.67. The van der Waals surface area contributed by atoms with Crippen LogP contribution in [0.25, 0.3) is 17.0 Å². The van der Waals surface area contributed by atoms with Gasteiger partial charge < -0.3 is 10.4 Å². The number of halogens is 2. The van der Waals surface area contributed by atoms with Crippen LogP contribution in [0.15, 0.2) is 55.0 Å². The van der Waals surface area contributed by atoms with Crippen LogP contribution < -0.4 is 5.32 Å². The molecule has 0 amide bonds. The quantitative estimate of drug-likeness (QED) is 0.507. The Morgan fingerprint density at radius 1 is 1.13 bits per heavy atom. The molecule has 0 fully saturated rings. The molecule has 3 aromatic heterocycles. The molecule has 2 N–H and O–H groups in total. The van der Waals surface area contributed by atoms with Crippen molar-refractivity contribution in [2.24, 2.45) is 0 Å². The van der Waals surface area contributed by atoms with Gasteiger partial charge in [-0.05, 0) is 36.8 Å². The molecule has 0 saturated heterocycles. The predicted molar refractivity (Wildman–Crippen MR) is 106 cm³/mol. The van der Waals surface area contributed by atoms with Crippen LogP contribution in [0.2, 0.25) is 0 Å². The number of pyridine rings is 1. The number of anilines is 1. The maximum Gasteiger partial charge on any atom is 0.267 e. The first-order chi connectivity index (χ1) is 14.5. The molecule has 7 nitrogen and oxygen atoms in total. The highest BCUT2D eigenvalue weighted by Crippen LogP contribution is 2.29. The van der Waals surface area contributed by atoms with E-state index in [0.29, 0.717) is 5.69 Å². The molecule has 0 saturated carbocycles. The van der Waals surface area contributed by atoms with Gasteiger partial charge in [-0.2, -0.15) is 5.26 Å². The van der Waals surface area contributed by atoms with Gasteiger partial charge in [0.2, 0.25) is 5.95 Å². The first kappa shape index (κ1) is 19.3. The van der Waals surface area contributed by atoms with Crippen molar-refractivity contribution in [2.45, 2.75) is 19.4 Å². The summed E-state index contributed by atoms with van der Waals surface area (Å²) in [7, 11) is 0. The number of phenols is 1. The fraction of sp³-hybridized carbons (Fsp3) is 0.143. The average molecular weight is 406 g/mol. The highest BCUT2D eigenvalue weighted by Gasteiger charge is 2.19. The standard InChI is InChI=1S/C21H16F2N6O/c1-12(13-4-6-15(30)7-5-13)27-21-26-10-14(9-24)18(28-21)17-11-25-20-16(19(22)23)3-2-8-29(17)20/h2-8,10-12,19,30H,1H3,(H,26,27,28). The third-order valence-electron chi connectivity index (χ3n) is 4.69. The number of nitrogens with zero attached hydrogens (tertiary/aromatic N) is 5. The molecule has 3 heterocycles. The molecule has 4 rings (SSSR count). The largest absolute Gasteiger partial charge is 0.508 e. The van der Waals surface area contributed by atoms with Gasteiger partial charge in [0.15, 0.2) is 0 Å². The van der Waals surface area contributed by atoms with Crippen molar-refractivity contribution in [3.63, 3.8) is 0 Å². The summed E-state index contributed by atoms with van der Waals surface area (Å²) in [5, 5.41) is 22.1.